The van der Waals surface area contributed by atoms with Crippen LogP contribution >= 0.6 is 12.2 Å². The monoisotopic (exact) mass is 262 g/mol. The van der Waals surface area contributed by atoms with Gasteiger partial charge < -0.3 is 9.55 Å². The van der Waals surface area contributed by atoms with Gasteiger partial charge in [0, 0.05) is 17.4 Å². The smallest absolute Gasteiger partial charge is 0.177 e. The zero-order chi connectivity index (χ0) is 12.3. The Kier molecular flexibility index (Phi) is 2.33. The fraction of sp³-hybridized carbons (Fsp3) is 0.800. The number of rotatable bonds is 2. The molecule has 4 fully saturated rings. The fourth-order valence-corrected chi connectivity index (χ4v) is 5.89. The summed E-state index contributed by atoms with van der Waals surface area (Å²) in [4.78, 5) is 3.29. The summed E-state index contributed by atoms with van der Waals surface area (Å²) in [5.41, 5.74) is 1.80. The van der Waals surface area contributed by atoms with Crippen LogP contribution in [0.15, 0.2) is 6.20 Å². The molecule has 98 valence electrons. The quantitative estimate of drug-likeness (QED) is 0.798. The van der Waals surface area contributed by atoms with Crippen molar-refractivity contribution in [2.45, 2.75) is 57.4 Å². The molecule has 4 saturated carbocycles. The number of aryl methyl sites for hydroxylation is 1. The van der Waals surface area contributed by atoms with E-state index >= 15 is 0 Å². The molecule has 18 heavy (non-hydrogen) atoms. The molecule has 1 N–H and O–H groups in total. The first-order valence-corrected chi connectivity index (χ1v) is 7.91. The van der Waals surface area contributed by atoms with Crippen LogP contribution in [0.1, 0.15) is 51.1 Å². The topological polar surface area (TPSA) is 20.7 Å². The van der Waals surface area contributed by atoms with Gasteiger partial charge >= 0.3 is 0 Å². The molecule has 0 unspecified atom stereocenters. The van der Waals surface area contributed by atoms with E-state index in [0.29, 0.717) is 5.54 Å². The molecule has 0 spiro atoms. The molecule has 4 bridgehead atoms. The predicted octanol–water partition coefficient (Wildman–Crippen LogP) is 4.03. The second kappa shape index (κ2) is 3.72. The van der Waals surface area contributed by atoms with Crippen molar-refractivity contribution in [3.8, 4) is 0 Å². The Bertz CT molecular complexity index is 490. The lowest BCUT2D eigenvalue weighted by Crippen LogP contribution is -2.52. The van der Waals surface area contributed by atoms with Crippen LogP contribution in [0.4, 0.5) is 0 Å². The molecular formula is C15H22N2S. The Hall–Kier alpha value is -0.570. The van der Waals surface area contributed by atoms with Crippen molar-refractivity contribution < 1.29 is 0 Å². The Morgan fingerprint density at radius 2 is 1.78 bits per heavy atom. The third kappa shape index (κ3) is 1.43. The van der Waals surface area contributed by atoms with Crippen LogP contribution in [0.3, 0.4) is 0 Å². The third-order valence-electron chi connectivity index (χ3n) is 5.70. The third-order valence-corrected chi connectivity index (χ3v) is 6.00. The zero-order valence-corrected chi connectivity index (χ0v) is 11.9. The minimum Gasteiger partial charge on any atom is -0.337 e. The number of nitrogens with zero attached hydrogens (tertiary/aromatic N) is 1. The molecule has 0 radical (unpaired) electrons. The van der Waals surface area contributed by atoms with Crippen LogP contribution in [0.25, 0.3) is 0 Å². The number of H-pyrrole nitrogens is 1. The Balaban J connectivity index is 1.83. The molecule has 0 atom stereocenters. The van der Waals surface area contributed by atoms with E-state index in [9.17, 15) is 0 Å². The normalized spacial score (nSPS) is 41.5. The van der Waals surface area contributed by atoms with Crippen LogP contribution in [-0.2, 0) is 12.0 Å². The van der Waals surface area contributed by atoms with Crippen LogP contribution in [-0.4, -0.2) is 9.55 Å². The van der Waals surface area contributed by atoms with Crippen LogP contribution in [0.5, 0.6) is 0 Å². The van der Waals surface area contributed by atoms with E-state index in [2.05, 4.69) is 22.7 Å². The summed E-state index contributed by atoms with van der Waals surface area (Å²) in [6.07, 6.45) is 11.9. The Morgan fingerprint density at radius 1 is 1.22 bits per heavy atom. The van der Waals surface area contributed by atoms with Crippen LogP contribution < -0.4 is 0 Å². The summed E-state index contributed by atoms with van der Waals surface area (Å²) >= 11 is 5.58. The standard InChI is InChI=1S/C15H22N2S/c1-2-13-9-16-14(18)17(13)15-6-10-3-11(7-15)5-12(4-10)8-15/h9-12H,2-8H2,1H3,(H,16,18). The number of hydrogen-bond donors (Lipinski definition) is 1. The predicted molar refractivity (Wildman–Crippen MR) is 75.1 cm³/mol. The summed E-state index contributed by atoms with van der Waals surface area (Å²) in [6.45, 7) is 2.24. The van der Waals surface area contributed by atoms with Gasteiger partial charge in [0.25, 0.3) is 0 Å². The van der Waals surface area contributed by atoms with Gasteiger partial charge in [-0.15, -0.1) is 0 Å². The molecule has 2 nitrogen and oxygen atoms in total. The summed E-state index contributed by atoms with van der Waals surface area (Å²) in [5.74, 6) is 2.95. The maximum Gasteiger partial charge on any atom is 0.177 e. The van der Waals surface area contributed by atoms with E-state index in [1.54, 1.807) is 0 Å². The van der Waals surface area contributed by atoms with E-state index in [1.165, 1.54) is 44.2 Å². The Labute approximate surface area is 114 Å². The molecule has 0 aromatic carbocycles. The minimum atomic E-state index is 0.386. The van der Waals surface area contributed by atoms with Crippen molar-refractivity contribution in [1.82, 2.24) is 9.55 Å². The lowest BCUT2D eigenvalue weighted by molar-refractivity contribution is -0.0449. The van der Waals surface area contributed by atoms with Gasteiger partial charge in [-0.1, -0.05) is 6.92 Å². The van der Waals surface area contributed by atoms with Crippen LogP contribution in [0, 0.1) is 22.5 Å². The van der Waals surface area contributed by atoms with Gasteiger partial charge in [-0.25, -0.2) is 0 Å². The molecule has 0 aliphatic heterocycles. The second-order valence-corrected chi connectivity index (χ2v) is 7.30. The molecule has 1 aromatic heterocycles. The van der Waals surface area contributed by atoms with Crippen molar-refractivity contribution in [2.24, 2.45) is 17.8 Å². The van der Waals surface area contributed by atoms with E-state index in [0.717, 1.165) is 28.9 Å². The Morgan fingerprint density at radius 3 is 2.28 bits per heavy atom. The molecule has 0 saturated heterocycles. The maximum absolute atomic E-state index is 5.58. The summed E-state index contributed by atoms with van der Waals surface area (Å²) in [6, 6.07) is 0. The minimum absolute atomic E-state index is 0.386. The highest BCUT2D eigenvalue weighted by Crippen LogP contribution is 2.59. The molecule has 4 aliphatic carbocycles. The highest BCUT2D eigenvalue weighted by atomic mass is 32.1. The van der Waals surface area contributed by atoms with Crippen molar-refractivity contribution in [1.29, 1.82) is 0 Å². The molecule has 0 amide bonds. The first-order chi connectivity index (χ1) is 8.70. The first kappa shape index (κ1) is 11.3. The summed E-state index contributed by atoms with van der Waals surface area (Å²) in [5, 5.41) is 0. The lowest BCUT2D eigenvalue weighted by Gasteiger charge is -2.57. The molecule has 4 aliphatic rings. The van der Waals surface area contributed by atoms with E-state index < -0.39 is 0 Å². The van der Waals surface area contributed by atoms with Gasteiger partial charge in [0.15, 0.2) is 4.77 Å². The van der Waals surface area contributed by atoms with Gasteiger partial charge in [-0.3, -0.25) is 0 Å². The lowest BCUT2D eigenvalue weighted by atomic mass is 9.53. The average Bonchev–Trinajstić information content (AvgIpc) is 2.69. The van der Waals surface area contributed by atoms with Crippen molar-refractivity contribution in [3.63, 3.8) is 0 Å². The molecular weight excluding hydrogens is 240 g/mol. The summed E-state index contributed by atoms with van der Waals surface area (Å²) < 4.78 is 3.49. The average molecular weight is 262 g/mol. The van der Waals surface area contributed by atoms with Gasteiger partial charge in [0.05, 0.1) is 0 Å². The largest absolute Gasteiger partial charge is 0.337 e. The van der Waals surface area contributed by atoms with Crippen molar-refractivity contribution in [3.05, 3.63) is 16.7 Å². The van der Waals surface area contributed by atoms with Crippen molar-refractivity contribution >= 4 is 12.2 Å². The fourth-order valence-electron chi connectivity index (χ4n) is 5.52. The maximum atomic E-state index is 5.58. The number of aromatic nitrogens is 2. The van der Waals surface area contributed by atoms with Crippen molar-refractivity contribution in [2.75, 3.05) is 0 Å². The van der Waals surface area contributed by atoms with Gasteiger partial charge in [-0.05, 0) is 74.9 Å². The number of imidazole rings is 1. The molecule has 5 rings (SSSR count). The first-order valence-electron chi connectivity index (χ1n) is 7.50. The number of aromatic amines is 1. The molecule has 1 heterocycles. The van der Waals surface area contributed by atoms with Gasteiger partial charge in [0.2, 0.25) is 0 Å². The van der Waals surface area contributed by atoms with E-state index in [1.807, 2.05) is 0 Å². The van der Waals surface area contributed by atoms with E-state index in [-0.39, 0.29) is 0 Å². The van der Waals surface area contributed by atoms with Crippen LogP contribution in [0.2, 0.25) is 0 Å². The van der Waals surface area contributed by atoms with Gasteiger partial charge in [-0.2, -0.15) is 0 Å². The highest BCUT2D eigenvalue weighted by molar-refractivity contribution is 7.71. The zero-order valence-electron chi connectivity index (χ0n) is 11.1. The highest BCUT2D eigenvalue weighted by Gasteiger charge is 2.52. The molecule has 1 aromatic rings. The van der Waals surface area contributed by atoms with E-state index in [4.69, 9.17) is 12.2 Å². The number of hydrogen-bond acceptors (Lipinski definition) is 1. The second-order valence-electron chi connectivity index (χ2n) is 6.92. The molecule has 3 heteroatoms. The number of nitrogens with one attached hydrogen (secondary N) is 1. The summed E-state index contributed by atoms with van der Waals surface area (Å²) in [7, 11) is 0. The SMILES string of the molecule is CCc1c[nH]c(=S)n1C12CC3CC(CC(C3)C1)C2. The van der Waals surface area contributed by atoms with Gasteiger partial charge in [0.1, 0.15) is 0 Å².